The fourth-order valence-corrected chi connectivity index (χ4v) is 3.49. The van der Waals surface area contributed by atoms with Gasteiger partial charge in [0, 0.05) is 6.04 Å². The Morgan fingerprint density at radius 3 is 2.70 bits per heavy atom. The molecule has 1 saturated carbocycles. The fraction of sp³-hybridized carbons (Fsp3) is 0.579. The van der Waals surface area contributed by atoms with Crippen molar-refractivity contribution in [3.8, 4) is 11.5 Å². The summed E-state index contributed by atoms with van der Waals surface area (Å²) in [5, 5.41) is 9.45. The van der Waals surface area contributed by atoms with Crippen LogP contribution < -0.4 is 9.47 Å². The number of methoxy groups -OCH3 is 1. The minimum atomic E-state index is -0.0169. The van der Waals surface area contributed by atoms with Gasteiger partial charge in [-0.1, -0.05) is 24.8 Å². The van der Waals surface area contributed by atoms with Crippen LogP contribution in [0.4, 0.5) is 0 Å². The lowest BCUT2D eigenvalue weighted by molar-refractivity contribution is 0.0714. The molecule has 0 amide bonds. The van der Waals surface area contributed by atoms with E-state index in [-0.39, 0.29) is 6.10 Å². The van der Waals surface area contributed by atoms with E-state index >= 15 is 0 Å². The number of aliphatic hydroxyl groups excluding tert-OH is 1. The van der Waals surface area contributed by atoms with Gasteiger partial charge in [0.15, 0.2) is 11.5 Å². The van der Waals surface area contributed by atoms with E-state index in [0.29, 0.717) is 12.6 Å². The van der Waals surface area contributed by atoms with Gasteiger partial charge < -0.3 is 19.5 Å². The van der Waals surface area contributed by atoms with Gasteiger partial charge in [0.05, 0.1) is 13.2 Å². The van der Waals surface area contributed by atoms with Crippen molar-refractivity contribution in [3.63, 3.8) is 0 Å². The molecule has 4 nitrogen and oxygen atoms in total. The minimum absolute atomic E-state index is 0.0169. The second-order valence-corrected chi connectivity index (χ2v) is 6.31. The van der Waals surface area contributed by atoms with E-state index in [9.17, 15) is 5.11 Å². The summed E-state index contributed by atoms with van der Waals surface area (Å²) in [4.78, 5) is 2.41. The van der Waals surface area contributed by atoms with Crippen LogP contribution in [0.2, 0.25) is 0 Å². The highest BCUT2D eigenvalue weighted by atomic mass is 16.5. The Morgan fingerprint density at radius 1 is 1.26 bits per heavy atom. The molecule has 3 atom stereocenters. The summed E-state index contributed by atoms with van der Waals surface area (Å²) in [7, 11) is 3.80. The number of hydrogen-bond donors (Lipinski definition) is 1. The minimum Gasteiger partial charge on any atom is -0.493 e. The highest BCUT2D eigenvalue weighted by Crippen LogP contribution is 2.35. The maximum absolute atomic E-state index is 9.45. The van der Waals surface area contributed by atoms with Crippen molar-refractivity contribution in [2.75, 3.05) is 27.3 Å². The van der Waals surface area contributed by atoms with Gasteiger partial charge in [-0.25, -0.2) is 0 Å². The van der Waals surface area contributed by atoms with Crippen LogP contribution in [0.15, 0.2) is 36.9 Å². The molecule has 1 N–H and O–H groups in total. The molecule has 4 heteroatoms. The second kappa shape index (κ2) is 8.94. The standard InChI is InChI=1S/C10H12O2.C9H17NO/c1-3-8-12-10-7-5-4-6-9(10)11-2;1-10-5-4-7-2-3-8(11)6-9(7)10/h3-7H,1,8H2,2H3;7-9,11H,2-6H2,1H3. The number of likely N-dealkylation sites (tertiary alicyclic amines) is 1. The van der Waals surface area contributed by atoms with E-state index in [1.54, 1.807) is 13.2 Å². The van der Waals surface area contributed by atoms with Crippen LogP contribution in [0.1, 0.15) is 25.7 Å². The van der Waals surface area contributed by atoms with Gasteiger partial charge in [0.25, 0.3) is 0 Å². The number of para-hydroxylation sites is 2. The molecule has 128 valence electrons. The second-order valence-electron chi connectivity index (χ2n) is 6.31. The average Bonchev–Trinajstić information content (AvgIpc) is 2.94. The summed E-state index contributed by atoms with van der Waals surface area (Å²) in [5.74, 6) is 2.39. The lowest BCUT2D eigenvalue weighted by Gasteiger charge is -2.32. The van der Waals surface area contributed by atoms with Crippen molar-refractivity contribution in [3.05, 3.63) is 36.9 Å². The summed E-state index contributed by atoms with van der Waals surface area (Å²) in [5.41, 5.74) is 0. The van der Waals surface area contributed by atoms with Crippen LogP contribution in [0.5, 0.6) is 11.5 Å². The molecule has 3 rings (SSSR count). The SMILES string of the molecule is C=CCOc1ccccc1OC.CN1CCC2CCC(O)CC21. The zero-order chi connectivity index (χ0) is 16.7. The third-order valence-corrected chi connectivity index (χ3v) is 4.77. The van der Waals surface area contributed by atoms with Crippen LogP contribution in [0.3, 0.4) is 0 Å². The molecule has 1 saturated heterocycles. The molecule has 3 unspecified atom stereocenters. The van der Waals surface area contributed by atoms with Gasteiger partial charge >= 0.3 is 0 Å². The van der Waals surface area contributed by atoms with E-state index in [0.717, 1.165) is 30.3 Å². The number of hydrogen-bond acceptors (Lipinski definition) is 4. The Hall–Kier alpha value is -1.52. The van der Waals surface area contributed by atoms with Gasteiger partial charge in [0.2, 0.25) is 0 Å². The largest absolute Gasteiger partial charge is 0.493 e. The zero-order valence-electron chi connectivity index (χ0n) is 14.3. The molecule has 1 aliphatic carbocycles. The fourth-order valence-electron chi connectivity index (χ4n) is 3.49. The molecule has 0 aromatic heterocycles. The van der Waals surface area contributed by atoms with Gasteiger partial charge in [0.1, 0.15) is 6.61 Å². The van der Waals surface area contributed by atoms with Crippen molar-refractivity contribution in [2.45, 2.75) is 37.8 Å². The molecular formula is C19H29NO3. The normalized spacial score (nSPS) is 26.7. The van der Waals surface area contributed by atoms with Gasteiger partial charge in [-0.05, 0) is 57.3 Å². The third kappa shape index (κ3) is 4.98. The maximum atomic E-state index is 9.45. The molecule has 1 aromatic carbocycles. The summed E-state index contributed by atoms with van der Waals surface area (Å²) >= 11 is 0. The quantitative estimate of drug-likeness (QED) is 0.866. The van der Waals surface area contributed by atoms with Crippen molar-refractivity contribution >= 4 is 0 Å². The summed E-state index contributed by atoms with van der Waals surface area (Å²) < 4.78 is 10.4. The first-order valence-electron chi connectivity index (χ1n) is 8.40. The molecule has 0 spiro atoms. The van der Waals surface area contributed by atoms with E-state index in [1.165, 1.54) is 19.4 Å². The van der Waals surface area contributed by atoms with E-state index in [4.69, 9.17) is 9.47 Å². The Kier molecular flexibility index (Phi) is 6.93. The van der Waals surface area contributed by atoms with Crippen LogP contribution in [-0.2, 0) is 0 Å². The highest BCUT2D eigenvalue weighted by Gasteiger charge is 2.36. The molecular weight excluding hydrogens is 290 g/mol. The predicted octanol–water partition coefficient (Wildman–Crippen LogP) is 3.11. The van der Waals surface area contributed by atoms with Crippen LogP contribution in [0.25, 0.3) is 0 Å². The van der Waals surface area contributed by atoms with Gasteiger partial charge in [-0.3, -0.25) is 0 Å². The predicted molar refractivity (Wildman–Crippen MR) is 93.1 cm³/mol. The third-order valence-electron chi connectivity index (χ3n) is 4.77. The Morgan fingerprint density at radius 2 is 2.00 bits per heavy atom. The number of aliphatic hydroxyl groups is 1. The van der Waals surface area contributed by atoms with Crippen molar-refractivity contribution < 1.29 is 14.6 Å². The molecule has 23 heavy (non-hydrogen) atoms. The molecule has 1 heterocycles. The molecule has 1 aromatic rings. The van der Waals surface area contributed by atoms with E-state index in [1.807, 2.05) is 24.3 Å². The maximum Gasteiger partial charge on any atom is 0.161 e. The Balaban J connectivity index is 0.000000167. The lowest BCUT2D eigenvalue weighted by atomic mass is 9.84. The number of benzene rings is 1. The monoisotopic (exact) mass is 319 g/mol. The van der Waals surface area contributed by atoms with Crippen molar-refractivity contribution in [2.24, 2.45) is 5.92 Å². The molecule has 1 aliphatic heterocycles. The topological polar surface area (TPSA) is 41.9 Å². The van der Waals surface area contributed by atoms with Gasteiger partial charge in [-0.2, -0.15) is 0 Å². The lowest BCUT2D eigenvalue weighted by Crippen LogP contribution is -2.36. The first kappa shape index (κ1) is 17.8. The number of ether oxygens (including phenoxy) is 2. The smallest absolute Gasteiger partial charge is 0.161 e. The van der Waals surface area contributed by atoms with Crippen molar-refractivity contribution in [1.29, 1.82) is 0 Å². The summed E-state index contributed by atoms with van der Waals surface area (Å²) in [6.07, 6.45) is 6.34. The number of rotatable bonds is 4. The number of nitrogens with zero attached hydrogens (tertiary/aromatic N) is 1. The van der Waals surface area contributed by atoms with Crippen LogP contribution in [-0.4, -0.2) is 49.5 Å². The zero-order valence-corrected chi connectivity index (χ0v) is 14.3. The first-order valence-corrected chi connectivity index (χ1v) is 8.40. The molecule has 0 bridgehead atoms. The van der Waals surface area contributed by atoms with Gasteiger partial charge in [-0.15, -0.1) is 0 Å². The van der Waals surface area contributed by atoms with E-state index < -0.39 is 0 Å². The highest BCUT2D eigenvalue weighted by molar-refractivity contribution is 5.39. The number of fused-ring (bicyclic) bond motifs is 1. The van der Waals surface area contributed by atoms with Crippen molar-refractivity contribution in [1.82, 2.24) is 4.90 Å². The van der Waals surface area contributed by atoms with Crippen LogP contribution >= 0.6 is 0 Å². The molecule has 2 fully saturated rings. The van der Waals surface area contributed by atoms with E-state index in [2.05, 4.69) is 18.5 Å². The summed E-state index contributed by atoms with van der Waals surface area (Å²) in [6.45, 7) is 5.30. The first-order chi connectivity index (χ1) is 11.2. The van der Waals surface area contributed by atoms with Crippen LogP contribution in [0, 0.1) is 5.92 Å². The Labute approximate surface area is 139 Å². The Bertz CT molecular complexity index is 491. The molecule has 0 radical (unpaired) electrons. The average molecular weight is 319 g/mol. The molecule has 2 aliphatic rings. The summed E-state index contributed by atoms with van der Waals surface area (Å²) in [6, 6.07) is 8.22.